The molecule has 16 bridgehead atoms. The van der Waals surface area contributed by atoms with Gasteiger partial charge in [-0.25, -0.2) is 0 Å². The van der Waals surface area contributed by atoms with Crippen LogP contribution in [-0.4, -0.2) is 93.0 Å². The predicted octanol–water partition coefficient (Wildman–Crippen LogP) is 7.88. The van der Waals surface area contributed by atoms with E-state index in [4.69, 9.17) is 0 Å². The molecule has 15 aliphatic heterocycles. The Morgan fingerprint density at radius 3 is 0.583 bits per heavy atom. The third-order valence-electron chi connectivity index (χ3n) is 12.5. The van der Waals surface area contributed by atoms with Gasteiger partial charge in [-0.05, 0) is 126 Å². The molecule has 15 aliphatic rings. The van der Waals surface area contributed by atoms with Crippen molar-refractivity contribution in [2.45, 2.75) is 77.0 Å². The summed E-state index contributed by atoms with van der Waals surface area (Å²) in [5, 5.41) is 1.49. The third kappa shape index (κ3) is 6.36. The molecule has 60 heavy (non-hydrogen) atoms. The summed E-state index contributed by atoms with van der Waals surface area (Å²) in [6, 6.07) is 12.8. The van der Waals surface area contributed by atoms with Crippen LogP contribution in [0, 0.1) is 0 Å². The minimum Gasteiger partial charge on any atom is -0.274 e. The molecule has 0 saturated heterocycles. The van der Waals surface area contributed by atoms with E-state index in [0.717, 1.165) is 51.4 Å². The second kappa shape index (κ2) is 15.9. The van der Waals surface area contributed by atoms with Crippen LogP contribution in [0.15, 0.2) is 72.8 Å². The summed E-state index contributed by atoms with van der Waals surface area (Å²) < 4.78 is 0. The zero-order valence-corrected chi connectivity index (χ0v) is 33.3. The zero-order chi connectivity index (χ0) is 41.7. The summed E-state index contributed by atoms with van der Waals surface area (Å²) in [7, 11) is 0. The molecule has 0 fully saturated rings. The van der Waals surface area contributed by atoms with Gasteiger partial charge in [-0.15, -0.1) is 0 Å². The van der Waals surface area contributed by atoms with E-state index >= 15 is 0 Å². The lowest BCUT2D eigenvalue weighted by molar-refractivity contribution is 0.0586. The van der Waals surface area contributed by atoms with Gasteiger partial charge in [0, 0.05) is 92.2 Å². The number of amides is 8. The van der Waals surface area contributed by atoms with Crippen LogP contribution in [0.5, 0.6) is 0 Å². The minimum absolute atomic E-state index is 0.235. The van der Waals surface area contributed by atoms with E-state index in [1.54, 1.807) is 48.5 Å². The molecule has 0 atom stereocenters. The van der Waals surface area contributed by atoms with Crippen LogP contribution in [-0.2, 0) is 0 Å². The largest absolute Gasteiger partial charge is 0.274 e. The lowest BCUT2D eigenvalue weighted by Crippen LogP contribution is -2.43. The SMILES string of the molecule is O=C1c2ccc3c4c5ccc(c24)C(=O)N1CCCC/C=C\CCCCN1C(=O)c2ccc4c6c(ccc(c26)C1=O)C(=O)N(CCCC/C=C\CCCCN(C3=O)C5=O)C4=O. The maximum Gasteiger partial charge on any atom is 0.261 e. The number of carbonyl (C=O) groups is 8. The van der Waals surface area contributed by atoms with Crippen molar-refractivity contribution in [3.63, 3.8) is 0 Å². The first-order valence-electron chi connectivity index (χ1n) is 21.1. The van der Waals surface area contributed by atoms with E-state index in [9.17, 15) is 38.4 Å². The van der Waals surface area contributed by atoms with Crippen LogP contribution in [0.3, 0.4) is 0 Å². The van der Waals surface area contributed by atoms with Crippen molar-refractivity contribution >= 4 is 68.8 Å². The van der Waals surface area contributed by atoms with Gasteiger partial charge in [0.25, 0.3) is 47.3 Å². The van der Waals surface area contributed by atoms with Gasteiger partial charge in [-0.2, -0.15) is 0 Å². The molecule has 8 amide bonds. The van der Waals surface area contributed by atoms with Gasteiger partial charge in [0.1, 0.15) is 0 Å². The van der Waals surface area contributed by atoms with E-state index in [-0.39, 0.29) is 26.2 Å². The van der Waals surface area contributed by atoms with Crippen molar-refractivity contribution in [1.82, 2.24) is 19.6 Å². The van der Waals surface area contributed by atoms with E-state index < -0.39 is 47.3 Å². The topological polar surface area (TPSA) is 150 Å². The number of allylic oxidation sites excluding steroid dienone is 4. The summed E-state index contributed by atoms with van der Waals surface area (Å²) in [4.78, 5) is 115. The van der Waals surface area contributed by atoms with Crippen molar-refractivity contribution in [3.8, 4) is 0 Å². The number of hydrogen-bond acceptors (Lipinski definition) is 8. The summed E-state index contributed by atoms with van der Waals surface area (Å²) in [6.07, 6.45) is 16.5. The highest BCUT2D eigenvalue weighted by molar-refractivity contribution is 6.34. The fraction of sp³-hybridized carbons (Fsp3) is 0.333. The van der Waals surface area contributed by atoms with Crippen LogP contribution in [0.2, 0.25) is 0 Å². The van der Waals surface area contributed by atoms with Crippen molar-refractivity contribution in [1.29, 1.82) is 0 Å². The molecule has 0 aliphatic carbocycles. The Morgan fingerprint density at radius 2 is 0.417 bits per heavy atom. The average molecular weight is 805 g/mol. The molecule has 0 N–H and O–H groups in total. The summed E-state index contributed by atoms with van der Waals surface area (Å²) in [6.45, 7) is 0.941. The van der Waals surface area contributed by atoms with Gasteiger partial charge < -0.3 is 0 Å². The maximum absolute atomic E-state index is 13.7. The molecule has 19 rings (SSSR count). The highest BCUT2D eigenvalue weighted by Crippen LogP contribution is 2.40. The van der Waals surface area contributed by atoms with Gasteiger partial charge in [-0.3, -0.25) is 58.0 Å². The van der Waals surface area contributed by atoms with Gasteiger partial charge in [0.05, 0.1) is 0 Å². The molecule has 12 heteroatoms. The number of nitrogens with zero attached hydrogens (tertiary/aromatic N) is 4. The molecule has 0 aromatic heterocycles. The van der Waals surface area contributed by atoms with Gasteiger partial charge in [0.15, 0.2) is 0 Å². The third-order valence-corrected chi connectivity index (χ3v) is 12.5. The Kier molecular flexibility index (Phi) is 10.3. The van der Waals surface area contributed by atoms with Gasteiger partial charge >= 0.3 is 0 Å². The zero-order valence-electron chi connectivity index (χ0n) is 33.3. The van der Waals surface area contributed by atoms with Crippen LogP contribution in [0.25, 0.3) is 21.5 Å². The smallest absolute Gasteiger partial charge is 0.261 e. The Bertz CT molecular complexity index is 2160. The molecule has 0 spiro atoms. The second-order valence-electron chi connectivity index (χ2n) is 16.1. The normalized spacial score (nSPS) is 20.7. The van der Waals surface area contributed by atoms with Gasteiger partial charge in [-0.1, -0.05) is 24.3 Å². The number of imide groups is 4. The standard InChI is InChI=1S/C48H44N4O8/c53-41-29-17-19-33-39-34-20-18-30(37(29)39)42(54)49(41)25-13-9-5-1-2-6-10-14-26-50-43(55)31-21-23-35-40-36(24-22-32(38(31)40)44(50)56)48(60)52(47(35)59)28-16-12-8-4-3-7-11-15-27-51(45(33)57)46(34)58/h1-4,17-24H,5-16,25-28H2/b2-1-,4-3-. The molecule has 304 valence electrons. The molecule has 0 saturated carbocycles. The van der Waals surface area contributed by atoms with Crippen LogP contribution < -0.4 is 0 Å². The Hall–Kier alpha value is -6.56. The molecule has 4 aromatic rings. The summed E-state index contributed by atoms with van der Waals surface area (Å²) in [5.74, 6) is -3.44. The second-order valence-corrected chi connectivity index (χ2v) is 16.1. The maximum atomic E-state index is 13.7. The molecule has 12 nitrogen and oxygen atoms in total. The fourth-order valence-electron chi connectivity index (χ4n) is 9.36. The molecule has 15 heterocycles. The first kappa shape index (κ1) is 38.9. The van der Waals surface area contributed by atoms with E-state index in [2.05, 4.69) is 24.3 Å². The summed E-state index contributed by atoms with van der Waals surface area (Å²) >= 11 is 0. The van der Waals surface area contributed by atoms with Crippen LogP contribution in [0.4, 0.5) is 0 Å². The van der Waals surface area contributed by atoms with Crippen molar-refractivity contribution in [3.05, 3.63) is 117 Å². The highest BCUT2D eigenvalue weighted by atomic mass is 16.2. The number of benzene rings is 4. The summed E-state index contributed by atoms with van der Waals surface area (Å²) in [5.41, 5.74) is 2.51. The number of carbonyl (C=O) groups excluding carboxylic acids is 8. The lowest BCUT2D eigenvalue weighted by Gasteiger charge is -2.32. The molecular formula is C48H44N4O8. The monoisotopic (exact) mass is 804 g/mol. The molecular weight excluding hydrogens is 761 g/mol. The first-order chi connectivity index (χ1) is 29.2. The average Bonchev–Trinajstić information content (AvgIpc) is 3.25. The molecule has 0 unspecified atom stereocenters. The Morgan fingerprint density at radius 1 is 0.250 bits per heavy atom. The van der Waals surface area contributed by atoms with Crippen molar-refractivity contribution in [2.24, 2.45) is 0 Å². The predicted molar refractivity (Wildman–Crippen MR) is 223 cm³/mol. The number of rotatable bonds is 0. The van der Waals surface area contributed by atoms with E-state index in [0.29, 0.717) is 91.7 Å². The van der Waals surface area contributed by atoms with Crippen molar-refractivity contribution < 1.29 is 38.4 Å². The minimum atomic E-state index is -0.430. The van der Waals surface area contributed by atoms with Crippen molar-refractivity contribution in [2.75, 3.05) is 26.2 Å². The Labute approximate surface area is 346 Å². The van der Waals surface area contributed by atoms with E-state index in [1.165, 1.54) is 19.6 Å². The lowest BCUT2D eigenvalue weighted by atomic mass is 9.86. The quantitative estimate of drug-likeness (QED) is 0.129. The molecule has 0 radical (unpaired) electrons. The first-order valence-corrected chi connectivity index (χ1v) is 21.1. The van der Waals surface area contributed by atoms with Crippen LogP contribution in [0.1, 0.15) is 160 Å². The Balaban J connectivity index is 0.914. The molecule has 4 aromatic carbocycles. The van der Waals surface area contributed by atoms with Crippen LogP contribution >= 0.6 is 0 Å². The van der Waals surface area contributed by atoms with E-state index in [1.807, 2.05) is 0 Å². The fourth-order valence-corrected chi connectivity index (χ4v) is 9.36. The van der Waals surface area contributed by atoms with Gasteiger partial charge in [0.2, 0.25) is 0 Å². The number of hydrogen-bond donors (Lipinski definition) is 0. The highest BCUT2D eigenvalue weighted by Gasteiger charge is 2.41.